The van der Waals surface area contributed by atoms with Gasteiger partial charge in [-0.3, -0.25) is 9.00 Å². The van der Waals surface area contributed by atoms with Gasteiger partial charge in [0.1, 0.15) is 11.4 Å². The van der Waals surface area contributed by atoms with E-state index in [2.05, 4.69) is 0 Å². The van der Waals surface area contributed by atoms with Crippen molar-refractivity contribution in [2.45, 2.75) is 28.8 Å². The van der Waals surface area contributed by atoms with Crippen molar-refractivity contribution >= 4 is 16.6 Å². The Labute approximate surface area is 160 Å². The van der Waals surface area contributed by atoms with Crippen LogP contribution in [0.5, 0.6) is 0 Å². The molecule has 3 aromatic rings. The Balaban J connectivity index is 1.69. The number of ketones is 1. The molecule has 1 spiro atoms. The number of ether oxygens (including phenoxy) is 1. The molecule has 5 rings (SSSR count). The van der Waals surface area contributed by atoms with Gasteiger partial charge in [-0.1, -0.05) is 78.4 Å². The highest BCUT2D eigenvalue weighted by Gasteiger charge is 2.71. The SMILES string of the molecule is Cc1ccc(C2OC23C(=O)c2ccccc2S(=O)C3c2ccccc2)cc1. The van der Waals surface area contributed by atoms with Gasteiger partial charge in [-0.25, -0.2) is 0 Å². The molecule has 1 saturated heterocycles. The summed E-state index contributed by atoms with van der Waals surface area (Å²) in [6.45, 7) is 2.02. The molecule has 2 aliphatic rings. The zero-order chi connectivity index (χ0) is 18.6. The lowest BCUT2D eigenvalue weighted by molar-refractivity contribution is 0.0859. The fourth-order valence-electron chi connectivity index (χ4n) is 4.03. The van der Waals surface area contributed by atoms with Crippen LogP contribution in [-0.4, -0.2) is 15.6 Å². The predicted octanol–water partition coefficient (Wildman–Crippen LogP) is 4.55. The standard InChI is InChI=1S/C23H18O3S/c1-15-11-13-16(14-12-15)21-23(26-21)20(24)18-9-5-6-10-19(18)27(25)22(23)17-7-3-2-4-8-17/h2-14,21-22H,1H3. The first kappa shape index (κ1) is 16.6. The number of hydrogen-bond acceptors (Lipinski definition) is 3. The Morgan fingerprint density at radius 3 is 2.26 bits per heavy atom. The molecular weight excluding hydrogens is 356 g/mol. The summed E-state index contributed by atoms with van der Waals surface area (Å²) in [4.78, 5) is 14.1. The van der Waals surface area contributed by atoms with Gasteiger partial charge in [-0.2, -0.15) is 0 Å². The molecule has 4 atom stereocenters. The van der Waals surface area contributed by atoms with Crippen molar-refractivity contribution < 1.29 is 13.7 Å². The average Bonchev–Trinajstić information content (AvgIpc) is 3.44. The number of aryl methyl sites for hydroxylation is 1. The van der Waals surface area contributed by atoms with Crippen molar-refractivity contribution in [2.24, 2.45) is 0 Å². The molecule has 134 valence electrons. The van der Waals surface area contributed by atoms with Crippen LogP contribution in [0, 0.1) is 6.92 Å². The molecule has 0 aliphatic carbocycles. The zero-order valence-corrected chi connectivity index (χ0v) is 15.6. The van der Waals surface area contributed by atoms with Gasteiger partial charge in [0, 0.05) is 5.56 Å². The Hall–Kier alpha value is -2.56. The second-order valence-corrected chi connectivity index (χ2v) is 8.62. The first-order chi connectivity index (χ1) is 13.1. The van der Waals surface area contributed by atoms with Crippen LogP contribution in [0.3, 0.4) is 0 Å². The Morgan fingerprint density at radius 2 is 1.52 bits per heavy atom. The van der Waals surface area contributed by atoms with Gasteiger partial charge in [-0.15, -0.1) is 0 Å². The Kier molecular flexibility index (Phi) is 3.67. The van der Waals surface area contributed by atoms with Crippen molar-refractivity contribution in [1.82, 2.24) is 0 Å². The second-order valence-electron chi connectivity index (χ2n) is 7.12. The summed E-state index contributed by atoms with van der Waals surface area (Å²) in [6, 6.07) is 24.8. The molecule has 0 radical (unpaired) electrons. The summed E-state index contributed by atoms with van der Waals surface area (Å²) in [5.41, 5.74) is 2.38. The number of carbonyl (C=O) groups excluding carboxylic acids is 1. The van der Waals surface area contributed by atoms with E-state index >= 15 is 0 Å². The molecule has 0 N–H and O–H groups in total. The molecule has 3 nitrogen and oxygen atoms in total. The topological polar surface area (TPSA) is 46.7 Å². The fourth-order valence-corrected chi connectivity index (χ4v) is 5.89. The average molecular weight is 374 g/mol. The summed E-state index contributed by atoms with van der Waals surface area (Å²) >= 11 is 0. The third kappa shape index (κ3) is 2.37. The molecule has 27 heavy (non-hydrogen) atoms. The summed E-state index contributed by atoms with van der Waals surface area (Å²) in [5, 5.41) is -0.521. The van der Waals surface area contributed by atoms with Crippen molar-refractivity contribution in [3.05, 3.63) is 101 Å². The van der Waals surface area contributed by atoms with Crippen LogP contribution >= 0.6 is 0 Å². The molecular formula is C23H18O3S. The third-order valence-corrected chi connectivity index (χ3v) is 7.27. The second kappa shape index (κ2) is 5.98. The predicted molar refractivity (Wildman–Crippen MR) is 104 cm³/mol. The van der Waals surface area contributed by atoms with E-state index in [0.717, 1.165) is 16.7 Å². The van der Waals surface area contributed by atoms with E-state index in [1.807, 2.05) is 73.7 Å². The lowest BCUT2D eigenvalue weighted by Crippen LogP contribution is -2.40. The van der Waals surface area contributed by atoms with Crippen LogP contribution in [0.2, 0.25) is 0 Å². The summed E-state index contributed by atoms with van der Waals surface area (Å²) in [6.07, 6.45) is -0.381. The number of rotatable bonds is 2. The monoisotopic (exact) mass is 374 g/mol. The molecule has 1 fully saturated rings. The Bertz CT molecular complexity index is 1060. The Morgan fingerprint density at radius 1 is 0.852 bits per heavy atom. The summed E-state index contributed by atoms with van der Waals surface area (Å²) in [5.74, 6) is -0.0721. The van der Waals surface area contributed by atoms with Gasteiger partial charge >= 0.3 is 0 Å². The highest BCUT2D eigenvalue weighted by Crippen LogP contribution is 2.62. The normalized spacial score (nSPS) is 28.8. The van der Waals surface area contributed by atoms with Crippen LogP contribution in [0.15, 0.2) is 83.8 Å². The van der Waals surface area contributed by atoms with Gasteiger partial charge < -0.3 is 4.74 Å². The van der Waals surface area contributed by atoms with Gasteiger partial charge in [-0.05, 0) is 24.1 Å². The lowest BCUT2D eigenvalue weighted by atomic mass is 9.84. The largest absolute Gasteiger partial charge is 0.350 e. The minimum absolute atomic E-state index is 0.0721. The molecule has 4 unspecified atom stereocenters. The van der Waals surface area contributed by atoms with E-state index in [4.69, 9.17) is 4.74 Å². The minimum Gasteiger partial charge on any atom is -0.350 e. The molecule has 0 aromatic heterocycles. The van der Waals surface area contributed by atoms with E-state index in [-0.39, 0.29) is 11.9 Å². The van der Waals surface area contributed by atoms with Crippen LogP contribution in [0.25, 0.3) is 0 Å². The number of hydrogen-bond donors (Lipinski definition) is 0. The maximum Gasteiger partial charge on any atom is 0.200 e. The lowest BCUT2D eigenvalue weighted by Gasteiger charge is -2.30. The summed E-state index contributed by atoms with van der Waals surface area (Å²) in [7, 11) is -1.38. The van der Waals surface area contributed by atoms with E-state index in [9.17, 15) is 9.00 Å². The fraction of sp³-hybridized carbons (Fsp3) is 0.174. The molecule has 0 bridgehead atoms. The third-order valence-electron chi connectivity index (χ3n) is 5.43. The van der Waals surface area contributed by atoms with Crippen molar-refractivity contribution in [3.8, 4) is 0 Å². The number of carbonyl (C=O) groups is 1. The van der Waals surface area contributed by atoms with E-state index < -0.39 is 21.7 Å². The van der Waals surface area contributed by atoms with Crippen molar-refractivity contribution in [1.29, 1.82) is 0 Å². The molecule has 0 amide bonds. The number of epoxide rings is 1. The smallest absolute Gasteiger partial charge is 0.200 e. The molecule has 3 aromatic carbocycles. The zero-order valence-electron chi connectivity index (χ0n) is 14.8. The number of fused-ring (bicyclic) bond motifs is 1. The summed E-state index contributed by atoms with van der Waals surface area (Å²) < 4.78 is 19.7. The number of benzene rings is 3. The van der Waals surface area contributed by atoms with Crippen molar-refractivity contribution in [3.63, 3.8) is 0 Å². The van der Waals surface area contributed by atoms with Gasteiger partial charge in [0.15, 0.2) is 5.60 Å². The van der Waals surface area contributed by atoms with Gasteiger partial charge in [0.05, 0.1) is 15.7 Å². The van der Waals surface area contributed by atoms with Gasteiger partial charge in [0.25, 0.3) is 0 Å². The highest BCUT2D eigenvalue weighted by atomic mass is 32.2. The maximum atomic E-state index is 13.5. The van der Waals surface area contributed by atoms with E-state index in [1.54, 1.807) is 12.1 Å². The number of Topliss-reactive ketones (excluding diaryl/α,β-unsaturated/α-hetero) is 1. The van der Waals surface area contributed by atoms with E-state index in [0.29, 0.717) is 10.5 Å². The van der Waals surface area contributed by atoms with Crippen LogP contribution in [0.1, 0.15) is 38.4 Å². The first-order valence-electron chi connectivity index (χ1n) is 8.96. The maximum absolute atomic E-state index is 13.5. The van der Waals surface area contributed by atoms with Crippen molar-refractivity contribution in [2.75, 3.05) is 0 Å². The molecule has 2 heterocycles. The van der Waals surface area contributed by atoms with Crippen LogP contribution < -0.4 is 0 Å². The minimum atomic E-state index is -1.38. The van der Waals surface area contributed by atoms with Crippen LogP contribution in [-0.2, 0) is 15.5 Å². The van der Waals surface area contributed by atoms with Gasteiger partial charge in [0.2, 0.25) is 5.78 Å². The van der Waals surface area contributed by atoms with E-state index in [1.165, 1.54) is 0 Å². The van der Waals surface area contributed by atoms with Crippen LogP contribution in [0.4, 0.5) is 0 Å². The first-order valence-corrected chi connectivity index (χ1v) is 10.2. The molecule has 0 saturated carbocycles. The molecule has 2 aliphatic heterocycles. The quantitative estimate of drug-likeness (QED) is 0.618. The molecule has 4 heteroatoms. The highest BCUT2D eigenvalue weighted by molar-refractivity contribution is 7.85.